The van der Waals surface area contributed by atoms with Gasteiger partial charge in [0.25, 0.3) is 0 Å². The highest BCUT2D eigenvalue weighted by Crippen LogP contribution is 2.29. The van der Waals surface area contributed by atoms with Crippen molar-refractivity contribution in [1.82, 2.24) is 10.3 Å². The lowest BCUT2D eigenvalue weighted by atomic mass is 9.99. The Labute approximate surface area is 137 Å². The van der Waals surface area contributed by atoms with Gasteiger partial charge in [-0.3, -0.25) is 4.98 Å². The SMILES string of the molecule is CCCNC(Cc1ccncc1)c1ccc(Br)cc1Br. The Hall–Kier alpha value is -0.710. The van der Waals surface area contributed by atoms with Crippen molar-refractivity contribution in [3.8, 4) is 0 Å². The number of hydrogen-bond donors (Lipinski definition) is 1. The van der Waals surface area contributed by atoms with Crippen LogP contribution in [0.2, 0.25) is 0 Å². The topological polar surface area (TPSA) is 24.9 Å². The predicted octanol–water partition coefficient (Wildman–Crippen LogP) is 4.89. The first-order valence-electron chi connectivity index (χ1n) is 6.78. The Morgan fingerprint density at radius 1 is 1.15 bits per heavy atom. The third-order valence-electron chi connectivity index (χ3n) is 3.17. The van der Waals surface area contributed by atoms with Crippen molar-refractivity contribution in [2.75, 3.05) is 6.54 Å². The Kier molecular flexibility index (Phi) is 6.20. The fourth-order valence-corrected chi connectivity index (χ4v) is 3.47. The van der Waals surface area contributed by atoms with Crippen molar-refractivity contribution >= 4 is 31.9 Å². The average molecular weight is 398 g/mol. The molecule has 1 aromatic carbocycles. The van der Waals surface area contributed by atoms with Crippen LogP contribution < -0.4 is 5.32 Å². The van der Waals surface area contributed by atoms with Gasteiger partial charge < -0.3 is 5.32 Å². The van der Waals surface area contributed by atoms with Crippen LogP contribution in [0.4, 0.5) is 0 Å². The molecule has 0 amide bonds. The lowest BCUT2D eigenvalue weighted by Gasteiger charge is -2.20. The largest absolute Gasteiger partial charge is 0.310 e. The van der Waals surface area contributed by atoms with Gasteiger partial charge in [-0.05, 0) is 54.8 Å². The quantitative estimate of drug-likeness (QED) is 0.750. The lowest BCUT2D eigenvalue weighted by Crippen LogP contribution is -2.24. The number of hydrogen-bond acceptors (Lipinski definition) is 2. The van der Waals surface area contributed by atoms with E-state index in [1.165, 1.54) is 11.1 Å². The van der Waals surface area contributed by atoms with E-state index in [4.69, 9.17) is 0 Å². The van der Waals surface area contributed by atoms with Gasteiger partial charge in [0.1, 0.15) is 0 Å². The number of rotatable bonds is 6. The van der Waals surface area contributed by atoms with Crippen molar-refractivity contribution in [3.05, 3.63) is 62.8 Å². The van der Waals surface area contributed by atoms with Crippen LogP contribution in [0.25, 0.3) is 0 Å². The summed E-state index contributed by atoms with van der Waals surface area (Å²) in [6.07, 6.45) is 5.79. The predicted molar refractivity (Wildman–Crippen MR) is 90.8 cm³/mol. The van der Waals surface area contributed by atoms with Crippen LogP contribution in [0.5, 0.6) is 0 Å². The summed E-state index contributed by atoms with van der Waals surface area (Å²) in [5.74, 6) is 0. The van der Waals surface area contributed by atoms with E-state index in [1.54, 1.807) is 0 Å². The molecule has 0 aliphatic heterocycles. The third kappa shape index (κ3) is 4.40. The maximum absolute atomic E-state index is 4.08. The molecule has 0 saturated carbocycles. The van der Waals surface area contributed by atoms with Crippen LogP contribution in [-0.2, 0) is 6.42 Å². The number of pyridine rings is 1. The van der Waals surface area contributed by atoms with Crippen LogP contribution in [0, 0.1) is 0 Å². The van der Waals surface area contributed by atoms with E-state index in [-0.39, 0.29) is 0 Å². The van der Waals surface area contributed by atoms with Gasteiger partial charge in [0.15, 0.2) is 0 Å². The van der Waals surface area contributed by atoms with Gasteiger partial charge in [0.2, 0.25) is 0 Å². The second kappa shape index (κ2) is 7.91. The smallest absolute Gasteiger partial charge is 0.0372 e. The molecular weight excluding hydrogens is 380 g/mol. The molecular formula is C16H18Br2N2. The summed E-state index contributed by atoms with van der Waals surface area (Å²) in [7, 11) is 0. The van der Waals surface area contributed by atoms with Gasteiger partial charge in [-0.15, -0.1) is 0 Å². The number of nitrogens with zero attached hydrogens (tertiary/aromatic N) is 1. The number of benzene rings is 1. The summed E-state index contributed by atoms with van der Waals surface area (Å²) in [5.41, 5.74) is 2.59. The standard InChI is InChI=1S/C16H18Br2N2/c1-2-7-20-16(10-12-5-8-19-9-6-12)14-4-3-13(17)11-15(14)18/h3-6,8-9,11,16,20H,2,7,10H2,1H3. The number of nitrogens with one attached hydrogen (secondary N) is 1. The molecule has 0 fully saturated rings. The first-order chi connectivity index (χ1) is 9.70. The van der Waals surface area contributed by atoms with Gasteiger partial charge in [0, 0.05) is 27.4 Å². The monoisotopic (exact) mass is 396 g/mol. The second-order valence-electron chi connectivity index (χ2n) is 4.73. The molecule has 0 radical (unpaired) electrons. The number of halogens is 2. The van der Waals surface area contributed by atoms with Crippen LogP contribution in [0.15, 0.2) is 51.7 Å². The normalized spacial score (nSPS) is 12.3. The van der Waals surface area contributed by atoms with Gasteiger partial charge in [-0.25, -0.2) is 0 Å². The molecule has 0 aliphatic carbocycles. The van der Waals surface area contributed by atoms with Crippen LogP contribution in [0.1, 0.15) is 30.5 Å². The van der Waals surface area contributed by atoms with E-state index < -0.39 is 0 Å². The van der Waals surface area contributed by atoms with Gasteiger partial charge in [-0.1, -0.05) is 44.8 Å². The Morgan fingerprint density at radius 3 is 2.55 bits per heavy atom. The van der Waals surface area contributed by atoms with E-state index in [9.17, 15) is 0 Å². The van der Waals surface area contributed by atoms with Crippen LogP contribution >= 0.6 is 31.9 Å². The molecule has 0 saturated heterocycles. The van der Waals surface area contributed by atoms with Crippen LogP contribution in [-0.4, -0.2) is 11.5 Å². The lowest BCUT2D eigenvalue weighted by molar-refractivity contribution is 0.527. The summed E-state index contributed by atoms with van der Waals surface area (Å²) >= 11 is 7.18. The zero-order chi connectivity index (χ0) is 14.4. The van der Waals surface area contributed by atoms with Crippen molar-refractivity contribution in [3.63, 3.8) is 0 Å². The van der Waals surface area contributed by atoms with Gasteiger partial charge in [-0.2, -0.15) is 0 Å². The molecule has 2 aromatic rings. The summed E-state index contributed by atoms with van der Waals surface area (Å²) in [5, 5.41) is 3.63. The van der Waals surface area contributed by atoms with E-state index in [0.717, 1.165) is 28.3 Å². The molecule has 0 spiro atoms. The Balaban J connectivity index is 2.22. The molecule has 20 heavy (non-hydrogen) atoms. The minimum Gasteiger partial charge on any atom is -0.310 e. The molecule has 1 heterocycles. The molecule has 1 aromatic heterocycles. The Bertz CT molecular complexity index is 543. The van der Waals surface area contributed by atoms with E-state index in [0.29, 0.717) is 6.04 Å². The zero-order valence-corrected chi connectivity index (χ0v) is 14.6. The highest BCUT2D eigenvalue weighted by Gasteiger charge is 2.14. The minimum absolute atomic E-state index is 0.305. The first kappa shape index (κ1) is 15.7. The molecule has 1 unspecified atom stereocenters. The molecule has 1 N–H and O–H groups in total. The van der Waals surface area contributed by atoms with Crippen LogP contribution in [0.3, 0.4) is 0 Å². The molecule has 2 rings (SSSR count). The minimum atomic E-state index is 0.305. The van der Waals surface area contributed by atoms with Crippen molar-refractivity contribution in [2.24, 2.45) is 0 Å². The molecule has 1 atom stereocenters. The van der Waals surface area contributed by atoms with E-state index >= 15 is 0 Å². The van der Waals surface area contributed by atoms with Crippen molar-refractivity contribution in [2.45, 2.75) is 25.8 Å². The molecule has 4 heteroatoms. The van der Waals surface area contributed by atoms with E-state index in [1.807, 2.05) is 12.4 Å². The molecule has 106 valence electrons. The highest BCUT2D eigenvalue weighted by molar-refractivity contribution is 9.11. The fourth-order valence-electron chi connectivity index (χ4n) is 2.15. The summed E-state index contributed by atoms with van der Waals surface area (Å²) < 4.78 is 2.22. The van der Waals surface area contributed by atoms with E-state index in [2.05, 4.69) is 79.4 Å². The molecule has 0 aliphatic rings. The van der Waals surface area contributed by atoms with Gasteiger partial charge >= 0.3 is 0 Å². The second-order valence-corrected chi connectivity index (χ2v) is 6.50. The van der Waals surface area contributed by atoms with Gasteiger partial charge in [0.05, 0.1) is 0 Å². The summed E-state index contributed by atoms with van der Waals surface area (Å²) in [6, 6.07) is 10.8. The highest BCUT2D eigenvalue weighted by atomic mass is 79.9. The summed E-state index contributed by atoms with van der Waals surface area (Å²) in [4.78, 5) is 4.08. The Morgan fingerprint density at radius 2 is 1.90 bits per heavy atom. The zero-order valence-electron chi connectivity index (χ0n) is 11.4. The maximum Gasteiger partial charge on any atom is 0.0372 e. The van der Waals surface area contributed by atoms with Crippen molar-refractivity contribution in [1.29, 1.82) is 0 Å². The van der Waals surface area contributed by atoms with Crippen molar-refractivity contribution < 1.29 is 0 Å². The third-order valence-corrected chi connectivity index (χ3v) is 4.35. The number of aromatic nitrogens is 1. The summed E-state index contributed by atoms with van der Waals surface area (Å²) in [6.45, 7) is 3.20. The molecule has 0 bridgehead atoms. The average Bonchev–Trinajstić information content (AvgIpc) is 2.45. The first-order valence-corrected chi connectivity index (χ1v) is 8.36. The fraction of sp³-hybridized carbons (Fsp3) is 0.312. The maximum atomic E-state index is 4.08. The molecule has 2 nitrogen and oxygen atoms in total.